The molecule has 0 aliphatic rings. The average Bonchev–Trinajstić information content (AvgIpc) is 2.15. The van der Waals surface area contributed by atoms with Gasteiger partial charge in [-0.05, 0) is 5.92 Å². The number of carbonyl (C=O) groups is 2. The Morgan fingerprint density at radius 2 is 1.50 bits per heavy atom. The van der Waals surface area contributed by atoms with Crippen LogP contribution < -0.4 is 17.2 Å². The number of hydrogen-bond acceptors (Lipinski definition) is 5. The van der Waals surface area contributed by atoms with Crippen LogP contribution in [0.15, 0.2) is 0 Å². The van der Waals surface area contributed by atoms with Crippen LogP contribution in [0.5, 0.6) is 0 Å². The van der Waals surface area contributed by atoms with E-state index in [1.54, 1.807) is 13.8 Å². The SMILES string of the molecule is CC(C)[C@H](N)C(=O)O.NC(=O)O.NCCO. The van der Waals surface area contributed by atoms with Gasteiger partial charge >= 0.3 is 12.1 Å². The first-order valence-corrected chi connectivity index (χ1v) is 4.48. The van der Waals surface area contributed by atoms with Crippen LogP contribution in [0.1, 0.15) is 13.8 Å². The minimum Gasteiger partial charge on any atom is -0.480 e. The zero-order valence-corrected chi connectivity index (χ0v) is 9.46. The van der Waals surface area contributed by atoms with Crippen molar-refractivity contribution in [3.05, 3.63) is 0 Å². The molecule has 8 heteroatoms. The molecule has 9 N–H and O–H groups in total. The number of aliphatic carboxylic acids is 1. The molecule has 0 aromatic carbocycles. The summed E-state index contributed by atoms with van der Waals surface area (Å²) in [6, 6.07) is -0.713. The van der Waals surface area contributed by atoms with Crippen LogP contribution in [-0.2, 0) is 4.79 Å². The second kappa shape index (κ2) is 13.6. The third-order valence-electron chi connectivity index (χ3n) is 1.13. The van der Waals surface area contributed by atoms with Gasteiger partial charge < -0.3 is 32.5 Å². The molecule has 0 rings (SSSR count). The van der Waals surface area contributed by atoms with E-state index in [0.717, 1.165) is 0 Å². The van der Waals surface area contributed by atoms with Crippen molar-refractivity contribution < 1.29 is 24.9 Å². The monoisotopic (exact) mass is 239 g/mol. The standard InChI is InChI=1S/C5H11NO2.C2H7NO.CH3NO2/c1-3(2)4(6)5(7)8;3-1-2-4;2-1(3)4/h3-4H,6H2,1-2H3,(H,7,8);4H,1-3H2;2H2,(H,3,4)/t4-;;/m0../s1. The minimum absolute atomic E-state index is 0.0208. The Kier molecular flexibility index (Phi) is 17.1. The Hall–Kier alpha value is -1.38. The smallest absolute Gasteiger partial charge is 0.402 e. The summed E-state index contributed by atoms with van der Waals surface area (Å²) < 4.78 is 0. The zero-order chi connectivity index (χ0) is 13.7. The molecule has 0 aromatic rings. The van der Waals surface area contributed by atoms with Gasteiger partial charge in [-0.1, -0.05) is 13.8 Å². The first-order valence-electron chi connectivity index (χ1n) is 4.48. The summed E-state index contributed by atoms with van der Waals surface area (Å²) in [5, 5.41) is 23.2. The van der Waals surface area contributed by atoms with Gasteiger partial charge in [0.25, 0.3) is 0 Å². The highest BCUT2D eigenvalue weighted by atomic mass is 16.4. The van der Waals surface area contributed by atoms with E-state index in [1.807, 2.05) is 0 Å². The van der Waals surface area contributed by atoms with E-state index in [2.05, 4.69) is 5.73 Å². The largest absolute Gasteiger partial charge is 0.480 e. The van der Waals surface area contributed by atoms with Gasteiger partial charge in [0, 0.05) is 6.54 Å². The molecule has 0 bridgehead atoms. The molecule has 0 aliphatic heterocycles. The van der Waals surface area contributed by atoms with E-state index >= 15 is 0 Å². The normalized spacial score (nSPS) is 10.4. The number of aliphatic hydroxyl groups is 1. The van der Waals surface area contributed by atoms with Crippen LogP contribution in [0.3, 0.4) is 0 Å². The summed E-state index contributed by atoms with van der Waals surface area (Å²) in [4.78, 5) is 18.8. The number of nitrogens with two attached hydrogens (primary N) is 3. The molecule has 1 atom stereocenters. The van der Waals surface area contributed by atoms with Gasteiger partial charge in [0.2, 0.25) is 0 Å². The lowest BCUT2D eigenvalue weighted by molar-refractivity contribution is -0.139. The van der Waals surface area contributed by atoms with Crippen molar-refractivity contribution in [3.8, 4) is 0 Å². The molecule has 0 saturated heterocycles. The highest BCUT2D eigenvalue weighted by molar-refractivity contribution is 5.73. The fraction of sp³-hybridized carbons (Fsp3) is 0.750. The molecule has 1 amide bonds. The number of hydrogen-bond donors (Lipinski definition) is 6. The lowest BCUT2D eigenvalue weighted by atomic mass is 10.1. The first kappa shape index (κ1) is 20.1. The lowest BCUT2D eigenvalue weighted by Crippen LogP contribution is -2.34. The molecule has 0 fully saturated rings. The van der Waals surface area contributed by atoms with Crippen molar-refractivity contribution in [2.45, 2.75) is 19.9 Å². The van der Waals surface area contributed by atoms with Gasteiger partial charge in [-0.2, -0.15) is 0 Å². The van der Waals surface area contributed by atoms with Crippen molar-refractivity contribution in [1.29, 1.82) is 0 Å². The van der Waals surface area contributed by atoms with Crippen LogP contribution in [-0.4, -0.2) is 46.6 Å². The highest BCUT2D eigenvalue weighted by Crippen LogP contribution is 1.96. The van der Waals surface area contributed by atoms with Gasteiger partial charge in [0.05, 0.1) is 6.61 Å². The third-order valence-corrected chi connectivity index (χ3v) is 1.13. The molecular formula is C8H21N3O5. The van der Waals surface area contributed by atoms with Gasteiger partial charge in [-0.15, -0.1) is 0 Å². The van der Waals surface area contributed by atoms with Crippen LogP contribution in [0, 0.1) is 5.92 Å². The Balaban J connectivity index is -0.000000179. The third kappa shape index (κ3) is 29.3. The summed E-state index contributed by atoms with van der Waals surface area (Å²) in [6.45, 7) is 4.03. The highest BCUT2D eigenvalue weighted by Gasteiger charge is 2.14. The van der Waals surface area contributed by atoms with Gasteiger partial charge in [0.1, 0.15) is 6.04 Å². The predicted molar refractivity (Wildman–Crippen MR) is 58.8 cm³/mol. The van der Waals surface area contributed by atoms with E-state index in [1.165, 1.54) is 0 Å². The molecule has 0 unspecified atom stereocenters. The van der Waals surface area contributed by atoms with Crippen molar-refractivity contribution in [1.82, 2.24) is 0 Å². The van der Waals surface area contributed by atoms with Crippen molar-refractivity contribution in [2.75, 3.05) is 13.2 Å². The number of primary amides is 1. The number of aliphatic hydroxyl groups excluding tert-OH is 1. The molecule has 0 aromatic heterocycles. The lowest BCUT2D eigenvalue weighted by Gasteiger charge is -2.07. The summed E-state index contributed by atoms with van der Waals surface area (Å²) in [7, 11) is 0. The Labute approximate surface area is 94.0 Å². The average molecular weight is 239 g/mol. The van der Waals surface area contributed by atoms with E-state index in [4.69, 9.17) is 31.6 Å². The fourth-order valence-corrected chi connectivity index (χ4v) is 0.285. The minimum atomic E-state index is -1.33. The topological polar surface area (TPSA) is 173 Å². The van der Waals surface area contributed by atoms with Crippen LogP contribution in [0.25, 0.3) is 0 Å². The van der Waals surface area contributed by atoms with Crippen LogP contribution in [0.2, 0.25) is 0 Å². The molecule has 16 heavy (non-hydrogen) atoms. The predicted octanol–water partition coefficient (Wildman–Crippen LogP) is -1.39. The molecule has 0 heterocycles. The van der Waals surface area contributed by atoms with Crippen molar-refractivity contribution in [3.63, 3.8) is 0 Å². The Morgan fingerprint density at radius 3 is 1.50 bits per heavy atom. The molecule has 0 aliphatic carbocycles. The van der Waals surface area contributed by atoms with Crippen LogP contribution >= 0.6 is 0 Å². The zero-order valence-electron chi connectivity index (χ0n) is 9.46. The number of amides is 1. The van der Waals surface area contributed by atoms with Crippen molar-refractivity contribution in [2.24, 2.45) is 23.1 Å². The number of carboxylic acids is 1. The summed E-state index contributed by atoms with van der Waals surface area (Å²) in [5.41, 5.74) is 14.0. The maximum absolute atomic E-state index is 10.0. The summed E-state index contributed by atoms with van der Waals surface area (Å²) >= 11 is 0. The second-order valence-corrected chi connectivity index (χ2v) is 2.96. The Bertz CT molecular complexity index is 181. The van der Waals surface area contributed by atoms with E-state index in [9.17, 15) is 4.79 Å². The van der Waals surface area contributed by atoms with Gasteiger partial charge in [0.15, 0.2) is 0 Å². The van der Waals surface area contributed by atoms with Gasteiger partial charge in [-0.3, -0.25) is 4.79 Å². The molecule has 0 radical (unpaired) electrons. The first-order chi connectivity index (χ1) is 7.20. The fourth-order valence-electron chi connectivity index (χ4n) is 0.285. The second-order valence-electron chi connectivity index (χ2n) is 2.96. The van der Waals surface area contributed by atoms with Crippen LogP contribution in [0.4, 0.5) is 4.79 Å². The van der Waals surface area contributed by atoms with E-state index in [0.29, 0.717) is 6.54 Å². The van der Waals surface area contributed by atoms with E-state index < -0.39 is 18.1 Å². The quantitative estimate of drug-likeness (QED) is 0.351. The number of rotatable bonds is 3. The van der Waals surface area contributed by atoms with E-state index in [-0.39, 0.29) is 12.5 Å². The maximum atomic E-state index is 10.0. The molecular weight excluding hydrogens is 218 g/mol. The van der Waals surface area contributed by atoms with Crippen molar-refractivity contribution >= 4 is 12.1 Å². The molecule has 98 valence electrons. The molecule has 8 nitrogen and oxygen atoms in total. The molecule has 0 spiro atoms. The Morgan fingerprint density at radius 1 is 1.25 bits per heavy atom. The number of carboxylic acid groups (broad SMARTS) is 2. The maximum Gasteiger partial charge on any atom is 0.402 e. The summed E-state index contributed by atoms with van der Waals surface area (Å²) in [6.07, 6.45) is -1.33. The summed E-state index contributed by atoms with van der Waals surface area (Å²) in [5.74, 6) is -0.910. The van der Waals surface area contributed by atoms with Gasteiger partial charge in [-0.25, -0.2) is 4.79 Å². The molecule has 0 saturated carbocycles.